The van der Waals surface area contributed by atoms with Gasteiger partial charge in [0.1, 0.15) is 6.33 Å². The first-order valence-corrected chi connectivity index (χ1v) is 9.44. The molecule has 0 fully saturated rings. The highest BCUT2D eigenvalue weighted by Crippen LogP contribution is 2.20. The largest absolute Gasteiger partial charge is 0.311 e. The second-order valence-corrected chi connectivity index (χ2v) is 7.39. The fourth-order valence-corrected chi connectivity index (χ4v) is 3.89. The van der Waals surface area contributed by atoms with Crippen LogP contribution in [0, 0.1) is 13.8 Å². The van der Waals surface area contributed by atoms with E-state index in [1.807, 2.05) is 37.1 Å². The van der Waals surface area contributed by atoms with E-state index in [0.717, 1.165) is 35.5 Å². The maximum absolute atomic E-state index is 4.70. The summed E-state index contributed by atoms with van der Waals surface area (Å²) in [5.41, 5.74) is 8.75. The molecule has 0 N–H and O–H groups in total. The van der Waals surface area contributed by atoms with Gasteiger partial charge >= 0.3 is 0 Å². The standard InChI is InChI=1S/C23H21N5/c1-16-8-17(2)10-19(9-16)11-20-12-24-23-21-22(26-15-28(20)23)27(14-25-21)13-18-6-4-3-5-7-18/h3-10,12,14-15H,11,13H2,1-2H3. The van der Waals surface area contributed by atoms with Gasteiger partial charge in [0.05, 0.1) is 12.9 Å². The third kappa shape index (κ3) is 2.95. The zero-order valence-electron chi connectivity index (χ0n) is 16.0. The van der Waals surface area contributed by atoms with Crippen LogP contribution in [-0.4, -0.2) is 23.9 Å². The van der Waals surface area contributed by atoms with Gasteiger partial charge in [-0.3, -0.25) is 4.40 Å². The fourth-order valence-electron chi connectivity index (χ4n) is 3.89. The summed E-state index contributed by atoms with van der Waals surface area (Å²) in [7, 11) is 0. The van der Waals surface area contributed by atoms with Crippen molar-refractivity contribution in [1.82, 2.24) is 23.9 Å². The van der Waals surface area contributed by atoms with Crippen LogP contribution in [0.5, 0.6) is 0 Å². The van der Waals surface area contributed by atoms with Crippen LogP contribution in [0.25, 0.3) is 16.8 Å². The second-order valence-electron chi connectivity index (χ2n) is 7.39. The van der Waals surface area contributed by atoms with E-state index >= 15 is 0 Å². The Morgan fingerprint density at radius 1 is 0.786 bits per heavy atom. The van der Waals surface area contributed by atoms with Crippen LogP contribution in [-0.2, 0) is 13.0 Å². The minimum atomic E-state index is 0.747. The highest BCUT2D eigenvalue weighted by Gasteiger charge is 2.13. The maximum atomic E-state index is 4.70. The molecule has 0 aliphatic heterocycles. The van der Waals surface area contributed by atoms with E-state index in [4.69, 9.17) is 4.98 Å². The first-order chi connectivity index (χ1) is 13.7. The number of aryl methyl sites for hydroxylation is 2. The third-order valence-corrected chi connectivity index (χ3v) is 5.05. The molecule has 0 atom stereocenters. The van der Waals surface area contributed by atoms with E-state index in [9.17, 15) is 0 Å². The average Bonchev–Trinajstić information content (AvgIpc) is 3.26. The molecule has 0 aliphatic carbocycles. The Hall–Kier alpha value is -3.47. The minimum absolute atomic E-state index is 0.747. The molecule has 0 saturated heterocycles. The predicted molar refractivity (Wildman–Crippen MR) is 111 cm³/mol. The molecular formula is C23H21N5. The van der Waals surface area contributed by atoms with Gasteiger partial charge in [-0.05, 0) is 25.0 Å². The Balaban J connectivity index is 1.53. The van der Waals surface area contributed by atoms with E-state index < -0.39 is 0 Å². The quantitative estimate of drug-likeness (QED) is 0.475. The molecule has 0 saturated carbocycles. The van der Waals surface area contributed by atoms with Crippen molar-refractivity contribution in [1.29, 1.82) is 0 Å². The van der Waals surface area contributed by atoms with Crippen LogP contribution in [0.15, 0.2) is 67.4 Å². The highest BCUT2D eigenvalue weighted by atomic mass is 15.2. The number of aromatic nitrogens is 5. The molecule has 5 heteroatoms. The Labute approximate surface area is 163 Å². The summed E-state index contributed by atoms with van der Waals surface area (Å²) >= 11 is 0. The van der Waals surface area contributed by atoms with E-state index in [1.165, 1.54) is 22.3 Å². The Bertz CT molecular complexity index is 1260. The Morgan fingerprint density at radius 3 is 2.36 bits per heavy atom. The van der Waals surface area contributed by atoms with Crippen molar-refractivity contribution in [2.24, 2.45) is 0 Å². The van der Waals surface area contributed by atoms with Crippen LogP contribution in [0.2, 0.25) is 0 Å². The lowest BCUT2D eigenvalue weighted by Crippen LogP contribution is -2.01. The number of nitrogens with zero attached hydrogens (tertiary/aromatic N) is 5. The molecule has 0 unspecified atom stereocenters. The molecule has 5 aromatic rings. The summed E-state index contributed by atoms with van der Waals surface area (Å²) < 4.78 is 4.13. The number of imidazole rings is 2. The van der Waals surface area contributed by atoms with Crippen LogP contribution in [0.4, 0.5) is 0 Å². The summed E-state index contributed by atoms with van der Waals surface area (Å²) in [4.78, 5) is 14.0. The molecule has 0 bridgehead atoms. The Kier molecular flexibility index (Phi) is 3.93. The summed E-state index contributed by atoms with van der Waals surface area (Å²) in [6, 6.07) is 17.0. The minimum Gasteiger partial charge on any atom is -0.311 e. The van der Waals surface area contributed by atoms with E-state index in [-0.39, 0.29) is 0 Å². The number of hydrogen-bond acceptors (Lipinski definition) is 3. The Morgan fingerprint density at radius 2 is 1.57 bits per heavy atom. The summed E-state index contributed by atoms with van der Waals surface area (Å²) in [5.74, 6) is 0. The van der Waals surface area contributed by atoms with Crippen LogP contribution in [0.1, 0.15) is 27.9 Å². The monoisotopic (exact) mass is 367 g/mol. The van der Waals surface area contributed by atoms with E-state index in [0.29, 0.717) is 0 Å². The summed E-state index contributed by atoms with van der Waals surface area (Å²) in [6.07, 6.45) is 6.47. The van der Waals surface area contributed by atoms with Crippen molar-refractivity contribution in [3.8, 4) is 0 Å². The van der Waals surface area contributed by atoms with E-state index in [1.54, 1.807) is 0 Å². The third-order valence-electron chi connectivity index (χ3n) is 5.05. The van der Waals surface area contributed by atoms with Crippen LogP contribution < -0.4 is 0 Å². The first kappa shape index (κ1) is 16.7. The smallest absolute Gasteiger partial charge is 0.168 e. The van der Waals surface area contributed by atoms with Gasteiger partial charge in [-0.1, -0.05) is 59.7 Å². The lowest BCUT2D eigenvalue weighted by Gasteiger charge is -2.06. The number of hydrogen-bond donors (Lipinski definition) is 0. The molecule has 3 heterocycles. The van der Waals surface area contributed by atoms with E-state index in [2.05, 4.69) is 63.1 Å². The average molecular weight is 367 g/mol. The summed E-state index contributed by atoms with van der Waals surface area (Å²) in [5, 5.41) is 0. The normalized spacial score (nSPS) is 11.5. The van der Waals surface area contributed by atoms with Crippen molar-refractivity contribution >= 4 is 16.8 Å². The first-order valence-electron chi connectivity index (χ1n) is 9.44. The van der Waals surface area contributed by atoms with Crippen molar-refractivity contribution in [2.45, 2.75) is 26.8 Å². The second kappa shape index (κ2) is 6.60. The van der Waals surface area contributed by atoms with Gasteiger partial charge in [-0.2, -0.15) is 0 Å². The molecule has 2 aromatic carbocycles. The highest BCUT2D eigenvalue weighted by molar-refractivity contribution is 5.85. The van der Waals surface area contributed by atoms with Gasteiger partial charge in [0, 0.05) is 18.3 Å². The number of fused-ring (bicyclic) bond motifs is 3. The zero-order valence-corrected chi connectivity index (χ0v) is 16.0. The number of rotatable bonds is 4. The lowest BCUT2D eigenvalue weighted by atomic mass is 10.0. The van der Waals surface area contributed by atoms with Crippen LogP contribution >= 0.6 is 0 Å². The van der Waals surface area contributed by atoms with Gasteiger partial charge in [0.15, 0.2) is 16.8 Å². The van der Waals surface area contributed by atoms with Gasteiger partial charge < -0.3 is 4.57 Å². The lowest BCUT2D eigenvalue weighted by molar-refractivity contribution is 0.812. The molecular weight excluding hydrogens is 346 g/mol. The SMILES string of the molecule is Cc1cc(C)cc(Cc2cnc3c4ncn(Cc5ccccc5)c4ncn23)c1. The van der Waals surface area contributed by atoms with Crippen molar-refractivity contribution in [2.75, 3.05) is 0 Å². The van der Waals surface area contributed by atoms with Gasteiger partial charge in [0.2, 0.25) is 0 Å². The molecule has 28 heavy (non-hydrogen) atoms. The summed E-state index contributed by atoms with van der Waals surface area (Å²) in [6.45, 7) is 5.02. The fraction of sp³-hybridized carbons (Fsp3) is 0.174. The molecule has 0 aliphatic rings. The zero-order chi connectivity index (χ0) is 19.1. The van der Waals surface area contributed by atoms with Gasteiger partial charge in [0.25, 0.3) is 0 Å². The van der Waals surface area contributed by atoms with Crippen LogP contribution in [0.3, 0.4) is 0 Å². The van der Waals surface area contributed by atoms with Crippen molar-refractivity contribution in [3.05, 3.63) is 95.3 Å². The van der Waals surface area contributed by atoms with Crippen molar-refractivity contribution < 1.29 is 0 Å². The maximum Gasteiger partial charge on any atom is 0.168 e. The van der Waals surface area contributed by atoms with Gasteiger partial charge in [-0.15, -0.1) is 0 Å². The molecule has 0 amide bonds. The molecule has 5 rings (SSSR count). The molecule has 0 radical (unpaired) electrons. The molecule has 3 aromatic heterocycles. The van der Waals surface area contributed by atoms with Gasteiger partial charge in [-0.25, -0.2) is 15.0 Å². The predicted octanol–water partition coefficient (Wildman–Crippen LogP) is 4.33. The molecule has 138 valence electrons. The number of benzene rings is 2. The molecule has 0 spiro atoms. The topological polar surface area (TPSA) is 48.0 Å². The van der Waals surface area contributed by atoms with Crippen molar-refractivity contribution in [3.63, 3.8) is 0 Å². The molecule has 5 nitrogen and oxygen atoms in total.